The summed E-state index contributed by atoms with van der Waals surface area (Å²) in [7, 11) is 0. The molecule has 0 heterocycles. The fraction of sp³-hybridized carbons (Fsp3) is 0.900. The highest BCUT2D eigenvalue weighted by Crippen LogP contribution is 2.29. The van der Waals surface area contributed by atoms with E-state index in [1.807, 2.05) is 12.2 Å². The maximum absolute atomic E-state index is 11.9. The Morgan fingerprint density at radius 3 is 2.47 bits per heavy atom. The van der Waals surface area contributed by atoms with Gasteiger partial charge in [0.1, 0.15) is 0 Å². The van der Waals surface area contributed by atoms with Crippen LogP contribution in [0, 0.1) is 11.8 Å². The molecule has 1 saturated carbocycles. The molecule has 0 saturated heterocycles. The highest BCUT2D eigenvalue weighted by Gasteiger charge is 2.38. The van der Waals surface area contributed by atoms with E-state index in [1.54, 1.807) is 0 Å². The summed E-state index contributed by atoms with van der Waals surface area (Å²) in [5.41, 5.74) is 0. The Balaban J connectivity index is 2.33. The minimum atomic E-state index is -4.75. The van der Waals surface area contributed by atoms with Gasteiger partial charge in [0.15, 0.2) is 0 Å². The first-order chi connectivity index (χ1) is 6.91. The molecule has 1 rings (SSSR count). The molecule has 88 valence electrons. The number of carbonyl (C=O) groups is 1. The molecule has 2 atom stereocenters. The molecule has 15 heavy (non-hydrogen) atoms. The van der Waals surface area contributed by atoms with Crippen molar-refractivity contribution < 1.29 is 18.0 Å². The number of hydrogen-bond donors (Lipinski definition) is 1. The SMILES string of the molecule is CC1CCCCC1CNC(=O)C(F)(F)F. The highest BCUT2D eigenvalue weighted by atomic mass is 19.4. The van der Waals surface area contributed by atoms with Crippen molar-refractivity contribution in [2.45, 2.75) is 38.8 Å². The number of halogens is 3. The van der Waals surface area contributed by atoms with Crippen molar-refractivity contribution in [1.82, 2.24) is 5.32 Å². The zero-order chi connectivity index (χ0) is 11.5. The van der Waals surface area contributed by atoms with E-state index in [1.165, 1.54) is 0 Å². The van der Waals surface area contributed by atoms with Gasteiger partial charge in [-0.3, -0.25) is 4.79 Å². The minimum absolute atomic E-state index is 0.152. The Labute approximate surface area is 87.2 Å². The van der Waals surface area contributed by atoms with Crippen LogP contribution in [-0.4, -0.2) is 18.6 Å². The molecule has 0 radical (unpaired) electrons. The van der Waals surface area contributed by atoms with E-state index in [2.05, 4.69) is 0 Å². The van der Waals surface area contributed by atoms with Gasteiger partial charge in [0, 0.05) is 6.54 Å². The van der Waals surface area contributed by atoms with Gasteiger partial charge in [0.25, 0.3) is 0 Å². The summed E-state index contributed by atoms with van der Waals surface area (Å²) in [5.74, 6) is -1.21. The number of amides is 1. The molecule has 1 aliphatic rings. The molecule has 1 aliphatic carbocycles. The van der Waals surface area contributed by atoms with Gasteiger partial charge in [-0.1, -0.05) is 26.2 Å². The quantitative estimate of drug-likeness (QED) is 0.765. The van der Waals surface area contributed by atoms with E-state index in [-0.39, 0.29) is 12.5 Å². The van der Waals surface area contributed by atoms with Crippen LogP contribution < -0.4 is 5.32 Å². The summed E-state index contributed by atoms with van der Waals surface area (Å²) in [6.45, 7) is 2.18. The Morgan fingerprint density at radius 1 is 1.33 bits per heavy atom. The third-order valence-corrected chi connectivity index (χ3v) is 3.07. The molecule has 0 aromatic rings. The lowest BCUT2D eigenvalue weighted by atomic mass is 9.80. The summed E-state index contributed by atoms with van der Waals surface area (Å²) < 4.78 is 35.7. The van der Waals surface area contributed by atoms with Gasteiger partial charge in [-0.15, -0.1) is 0 Å². The van der Waals surface area contributed by atoms with Gasteiger partial charge in [0.05, 0.1) is 0 Å². The molecular formula is C10H16F3NO. The van der Waals surface area contributed by atoms with E-state index < -0.39 is 12.1 Å². The van der Waals surface area contributed by atoms with Crippen LogP contribution >= 0.6 is 0 Å². The number of carbonyl (C=O) groups excluding carboxylic acids is 1. The van der Waals surface area contributed by atoms with Gasteiger partial charge < -0.3 is 5.32 Å². The van der Waals surface area contributed by atoms with Crippen molar-refractivity contribution in [2.75, 3.05) is 6.54 Å². The lowest BCUT2D eigenvalue weighted by Crippen LogP contribution is -2.41. The monoisotopic (exact) mass is 223 g/mol. The molecule has 2 nitrogen and oxygen atoms in total. The van der Waals surface area contributed by atoms with Gasteiger partial charge in [-0.25, -0.2) is 0 Å². The number of hydrogen-bond acceptors (Lipinski definition) is 1. The number of alkyl halides is 3. The zero-order valence-electron chi connectivity index (χ0n) is 8.73. The van der Waals surface area contributed by atoms with E-state index in [9.17, 15) is 18.0 Å². The van der Waals surface area contributed by atoms with Gasteiger partial charge in [-0.05, 0) is 18.3 Å². The molecule has 0 bridgehead atoms. The molecule has 2 unspecified atom stereocenters. The standard InChI is InChI=1S/C10H16F3NO/c1-7-4-2-3-5-8(7)6-14-9(15)10(11,12)13/h7-8H,2-6H2,1H3,(H,14,15). The molecule has 5 heteroatoms. The van der Waals surface area contributed by atoms with E-state index >= 15 is 0 Å². The largest absolute Gasteiger partial charge is 0.471 e. The number of nitrogens with one attached hydrogen (secondary N) is 1. The van der Waals surface area contributed by atoms with Crippen LogP contribution in [0.2, 0.25) is 0 Å². The Hall–Kier alpha value is -0.740. The van der Waals surface area contributed by atoms with E-state index in [4.69, 9.17) is 0 Å². The minimum Gasteiger partial charge on any atom is -0.348 e. The predicted octanol–water partition coefficient (Wildman–Crippen LogP) is 2.49. The average Bonchev–Trinajstić information content (AvgIpc) is 2.14. The average molecular weight is 223 g/mol. The Bertz CT molecular complexity index is 227. The molecule has 0 aliphatic heterocycles. The Kier molecular flexibility index (Phi) is 3.99. The fourth-order valence-corrected chi connectivity index (χ4v) is 2.02. The van der Waals surface area contributed by atoms with Crippen molar-refractivity contribution in [3.05, 3.63) is 0 Å². The predicted molar refractivity (Wildman–Crippen MR) is 50.2 cm³/mol. The molecule has 1 N–H and O–H groups in total. The Morgan fingerprint density at radius 2 is 1.93 bits per heavy atom. The molecule has 1 amide bonds. The van der Waals surface area contributed by atoms with Crippen LogP contribution in [0.4, 0.5) is 13.2 Å². The maximum atomic E-state index is 11.9. The second-order valence-electron chi connectivity index (χ2n) is 4.23. The van der Waals surface area contributed by atoms with Crippen molar-refractivity contribution in [2.24, 2.45) is 11.8 Å². The first kappa shape index (κ1) is 12.3. The number of rotatable bonds is 2. The third kappa shape index (κ3) is 3.72. The third-order valence-electron chi connectivity index (χ3n) is 3.07. The lowest BCUT2D eigenvalue weighted by Gasteiger charge is -2.28. The van der Waals surface area contributed by atoms with Crippen molar-refractivity contribution in [1.29, 1.82) is 0 Å². The molecular weight excluding hydrogens is 207 g/mol. The van der Waals surface area contributed by atoms with Crippen molar-refractivity contribution in [3.63, 3.8) is 0 Å². The van der Waals surface area contributed by atoms with E-state index in [0.717, 1.165) is 25.7 Å². The van der Waals surface area contributed by atoms with E-state index in [0.29, 0.717) is 5.92 Å². The fourth-order valence-electron chi connectivity index (χ4n) is 2.02. The summed E-state index contributed by atoms with van der Waals surface area (Å²) >= 11 is 0. The van der Waals surface area contributed by atoms with Crippen molar-refractivity contribution >= 4 is 5.91 Å². The van der Waals surface area contributed by atoms with Crippen LogP contribution in [0.15, 0.2) is 0 Å². The smallest absolute Gasteiger partial charge is 0.348 e. The van der Waals surface area contributed by atoms with Gasteiger partial charge in [0.2, 0.25) is 0 Å². The normalized spacial score (nSPS) is 27.5. The highest BCUT2D eigenvalue weighted by molar-refractivity contribution is 5.81. The van der Waals surface area contributed by atoms with Gasteiger partial charge >= 0.3 is 12.1 Å². The van der Waals surface area contributed by atoms with Gasteiger partial charge in [-0.2, -0.15) is 13.2 Å². The molecule has 1 fully saturated rings. The summed E-state index contributed by atoms with van der Waals surface area (Å²) in [6, 6.07) is 0. The summed E-state index contributed by atoms with van der Waals surface area (Å²) in [4.78, 5) is 10.6. The first-order valence-corrected chi connectivity index (χ1v) is 5.26. The maximum Gasteiger partial charge on any atom is 0.471 e. The summed E-state index contributed by atoms with van der Waals surface area (Å²) in [5, 5.41) is 1.96. The summed E-state index contributed by atoms with van der Waals surface area (Å²) in [6.07, 6.45) is -0.592. The van der Waals surface area contributed by atoms with Crippen LogP contribution in [-0.2, 0) is 4.79 Å². The van der Waals surface area contributed by atoms with Crippen LogP contribution in [0.5, 0.6) is 0 Å². The first-order valence-electron chi connectivity index (χ1n) is 5.26. The second kappa shape index (κ2) is 4.86. The van der Waals surface area contributed by atoms with Crippen molar-refractivity contribution in [3.8, 4) is 0 Å². The molecule has 0 spiro atoms. The topological polar surface area (TPSA) is 29.1 Å². The van der Waals surface area contributed by atoms with Crippen LogP contribution in [0.3, 0.4) is 0 Å². The van der Waals surface area contributed by atoms with Crippen LogP contribution in [0.1, 0.15) is 32.6 Å². The lowest BCUT2D eigenvalue weighted by molar-refractivity contribution is -0.173. The molecule has 0 aromatic carbocycles. The second-order valence-corrected chi connectivity index (χ2v) is 4.23. The molecule has 0 aromatic heterocycles. The van der Waals surface area contributed by atoms with Crippen LogP contribution in [0.25, 0.3) is 0 Å². The zero-order valence-corrected chi connectivity index (χ0v) is 8.73.